The quantitative estimate of drug-likeness (QED) is 0.488. The van der Waals surface area contributed by atoms with Crippen LogP contribution in [0.25, 0.3) is 0 Å². The molecule has 3 rings (SSSR count). The van der Waals surface area contributed by atoms with Gasteiger partial charge in [0.2, 0.25) is 0 Å². The van der Waals surface area contributed by atoms with Crippen LogP contribution in [0.15, 0.2) is 35.9 Å². The average Bonchev–Trinajstić information content (AvgIpc) is 3.30. The molecular weight excluding hydrogens is 300 g/mol. The molecule has 2 saturated carbocycles. The second-order valence-electron chi connectivity index (χ2n) is 7.56. The van der Waals surface area contributed by atoms with Gasteiger partial charge in [0.1, 0.15) is 0 Å². The van der Waals surface area contributed by atoms with Crippen molar-refractivity contribution in [2.45, 2.75) is 83.0 Å². The number of rotatable bonds is 2. The molecule has 1 aromatic carbocycles. The van der Waals surface area contributed by atoms with Crippen molar-refractivity contribution in [3.8, 4) is 0 Å². The summed E-state index contributed by atoms with van der Waals surface area (Å²) in [5, 5.41) is 0.851. The second-order valence-corrected chi connectivity index (χ2v) is 8.00. The van der Waals surface area contributed by atoms with Gasteiger partial charge in [-0.1, -0.05) is 80.3 Å². The predicted molar refractivity (Wildman–Crippen MR) is 101 cm³/mol. The Kier molecular flexibility index (Phi) is 6.63. The van der Waals surface area contributed by atoms with E-state index in [1.165, 1.54) is 82.6 Å². The summed E-state index contributed by atoms with van der Waals surface area (Å²) < 4.78 is 0. The van der Waals surface area contributed by atoms with Crippen LogP contribution in [0.4, 0.5) is 0 Å². The summed E-state index contributed by atoms with van der Waals surface area (Å²) in [5.74, 6) is 1.54. The Morgan fingerprint density at radius 1 is 0.739 bits per heavy atom. The summed E-state index contributed by atoms with van der Waals surface area (Å²) in [5.41, 5.74) is 3.23. The van der Waals surface area contributed by atoms with Crippen molar-refractivity contribution in [2.75, 3.05) is 0 Å². The van der Waals surface area contributed by atoms with E-state index in [0.29, 0.717) is 0 Å². The highest BCUT2D eigenvalue weighted by atomic mass is 35.5. The highest BCUT2D eigenvalue weighted by molar-refractivity contribution is 6.30. The first-order valence-corrected chi connectivity index (χ1v) is 10.2. The van der Waals surface area contributed by atoms with E-state index in [-0.39, 0.29) is 0 Å². The molecule has 2 aliphatic carbocycles. The molecule has 0 nitrogen and oxygen atoms in total. The summed E-state index contributed by atoms with van der Waals surface area (Å²) in [6.45, 7) is 0. The van der Waals surface area contributed by atoms with Crippen molar-refractivity contribution in [1.29, 1.82) is 0 Å². The van der Waals surface area contributed by atoms with Crippen LogP contribution < -0.4 is 0 Å². The van der Waals surface area contributed by atoms with E-state index in [0.717, 1.165) is 16.9 Å². The SMILES string of the molecule is Clc1ccc([C@H]2C[C@H]2C=C2CCCCCCCCCCC2)cc1. The fourth-order valence-corrected chi connectivity index (χ4v) is 4.15. The smallest absolute Gasteiger partial charge is 0.0406 e. The number of halogens is 1. The Bertz CT molecular complexity index is 485. The summed E-state index contributed by atoms with van der Waals surface area (Å²) in [6.07, 6.45) is 19.6. The van der Waals surface area contributed by atoms with Crippen molar-refractivity contribution >= 4 is 11.6 Å². The van der Waals surface area contributed by atoms with Crippen LogP contribution in [0, 0.1) is 5.92 Å². The van der Waals surface area contributed by atoms with Crippen molar-refractivity contribution in [3.05, 3.63) is 46.5 Å². The van der Waals surface area contributed by atoms with Crippen molar-refractivity contribution < 1.29 is 0 Å². The molecule has 23 heavy (non-hydrogen) atoms. The zero-order valence-electron chi connectivity index (χ0n) is 14.4. The van der Waals surface area contributed by atoms with Crippen molar-refractivity contribution in [3.63, 3.8) is 0 Å². The monoisotopic (exact) mass is 330 g/mol. The molecule has 0 saturated heterocycles. The van der Waals surface area contributed by atoms with Gasteiger partial charge in [-0.2, -0.15) is 0 Å². The Hall–Kier alpha value is -0.750. The minimum atomic E-state index is 0.751. The van der Waals surface area contributed by atoms with Crippen LogP contribution in [0.1, 0.15) is 88.5 Å². The normalized spacial score (nSPS) is 26.9. The maximum absolute atomic E-state index is 6.00. The fraction of sp³-hybridized carbons (Fsp3) is 0.636. The van der Waals surface area contributed by atoms with E-state index in [4.69, 9.17) is 11.6 Å². The van der Waals surface area contributed by atoms with Gasteiger partial charge in [0, 0.05) is 5.02 Å². The highest BCUT2D eigenvalue weighted by Gasteiger charge is 2.36. The minimum absolute atomic E-state index is 0.751. The highest BCUT2D eigenvalue weighted by Crippen LogP contribution is 2.49. The molecule has 0 amide bonds. The molecule has 2 aliphatic rings. The molecule has 0 spiro atoms. The van der Waals surface area contributed by atoms with Crippen LogP contribution >= 0.6 is 11.6 Å². The third-order valence-corrected chi connectivity index (χ3v) is 5.84. The van der Waals surface area contributed by atoms with Gasteiger partial charge in [-0.05, 0) is 61.6 Å². The number of benzene rings is 1. The summed E-state index contributed by atoms with van der Waals surface area (Å²) in [7, 11) is 0. The van der Waals surface area contributed by atoms with Gasteiger partial charge >= 0.3 is 0 Å². The van der Waals surface area contributed by atoms with E-state index in [1.54, 1.807) is 5.57 Å². The van der Waals surface area contributed by atoms with Gasteiger partial charge in [-0.15, -0.1) is 0 Å². The number of hydrogen-bond acceptors (Lipinski definition) is 0. The van der Waals surface area contributed by atoms with Crippen LogP contribution in [0.3, 0.4) is 0 Å². The Balaban J connectivity index is 1.54. The van der Waals surface area contributed by atoms with Gasteiger partial charge in [-0.3, -0.25) is 0 Å². The fourth-order valence-electron chi connectivity index (χ4n) is 4.03. The van der Waals surface area contributed by atoms with E-state index < -0.39 is 0 Å². The first kappa shape index (κ1) is 17.1. The first-order valence-electron chi connectivity index (χ1n) is 9.78. The number of hydrogen-bond donors (Lipinski definition) is 0. The van der Waals surface area contributed by atoms with Gasteiger partial charge < -0.3 is 0 Å². The molecule has 0 heterocycles. The molecule has 1 heteroatoms. The third kappa shape index (κ3) is 5.68. The summed E-state index contributed by atoms with van der Waals surface area (Å²) in [4.78, 5) is 0. The maximum atomic E-state index is 6.00. The Morgan fingerprint density at radius 3 is 1.83 bits per heavy atom. The molecule has 2 atom stereocenters. The zero-order valence-corrected chi connectivity index (χ0v) is 15.2. The van der Waals surface area contributed by atoms with Crippen molar-refractivity contribution in [2.24, 2.45) is 5.92 Å². The predicted octanol–water partition coefficient (Wildman–Crippen LogP) is 7.67. The zero-order chi connectivity index (χ0) is 15.9. The molecule has 0 N–H and O–H groups in total. The topological polar surface area (TPSA) is 0 Å². The lowest BCUT2D eigenvalue weighted by Crippen LogP contribution is -1.91. The van der Waals surface area contributed by atoms with Crippen LogP contribution in [0.5, 0.6) is 0 Å². The maximum Gasteiger partial charge on any atom is 0.0406 e. The van der Waals surface area contributed by atoms with E-state index in [1.807, 2.05) is 12.1 Å². The summed E-state index contributed by atoms with van der Waals surface area (Å²) >= 11 is 6.00. The molecule has 0 bridgehead atoms. The van der Waals surface area contributed by atoms with Gasteiger partial charge in [0.25, 0.3) is 0 Å². The van der Waals surface area contributed by atoms with E-state index >= 15 is 0 Å². The van der Waals surface area contributed by atoms with Gasteiger partial charge in [0.05, 0.1) is 0 Å². The molecule has 0 radical (unpaired) electrons. The summed E-state index contributed by atoms with van der Waals surface area (Å²) in [6, 6.07) is 8.50. The molecular formula is C22H31Cl. The van der Waals surface area contributed by atoms with E-state index in [2.05, 4.69) is 18.2 Å². The molecule has 2 fully saturated rings. The molecule has 0 unspecified atom stereocenters. The lowest BCUT2D eigenvalue weighted by molar-refractivity contribution is 0.539. The number of allylic oxidation sites excluding steroid dienone is 2. The third-order valence-electron chi connectivity index (χ3n) is 5.58. The molecule has 0 aromatic heterocycles. The molecule has 126 valence electrons. The van der Waals surface area contributed by atoms with Gasteiger partial charge in [0.15, 0.2) is 0 Å². The van der Waals surface area contributed by atoms with Crippen molar-refractivity contribution in [1.82, 2.24) is 0 Å². The second kappa shape index (κ2) is 8.92. The Labute approximate surface area is 147 Å². The van der Waals surface area contributed by atoms with Gasteiger partial charge in [-0.25, -0.2) is 0 Å². The largest absolute Gasteiger partial charge is 0.0843 e. The molecule has 1 aromatic rings. The van der Waals surface area contributed by atoms with E-state index in [9.17, 15) is 0 Å². The van der Waals surface area contributed by atoms with Crippen LogP contribution in [-0.2, 0) is 0 Å². The lowest BCUT2D eigenvalue weighted by Gasteiger charge is -2.10. The standard InChI is InChI=1S/C22H31Cl/c23-21-14-12-19(13-15-21)22-17-20(22)16-18-10-8-6-4-2-1-3-5-7-9-11-18/h12-16,20,22H,1-11,17H2/t20-,22-/m1/s1. The van der Waals surface area contributed by atoms with Crippen LogP contribution in [0.2, 0.25) is 5.02 Å². The Morgan fingerprint density at radius 2 is 1.26 bits per heavy atom. The molecule has 0 aliphatic heterocycles. The minimum Gasteiger partial charge on any atom is -0.0843 e. The average molecular weight is 331 g/mol. The van der Waals surface area contributed by atoms with Crippen LogP contribution in [-0.4, -0.2) is 0 Å². The first-order chi connectivity index (χ1) is 11.3. The lowest BCUT2D eigenvalue weighted by atomic mass is 9.96.